The van der Waals surface area contributed by atoms with Crippen molar-refractivity contribution >= 4 is 11.6 Å². The second-order valence-electron chi connectivity index (χ2n) is 6.88. The first kappa shape index (κ1) is 19.0. The fourth-order valence-corrected chi connectivity index (χ4v) is 3.39. The van der Waals surface area contributed by atoms with Crippen molar-refractivity contribution in [2.75, 3.05) is 0 Å². The average Bonchev–Trinajstić information content (AvgIpc) is 2.71. The van der Waals surface area contributed by atoms with E-state index in [9.17, 15) is 4.79 Å². The molecule has 0 fully saturated rings. The lowest BCUT2D eigenvalue weighted by molar-refractivity contribution is 0.468. The van der Waals surface area contributed by atoms with E-state index in [1.807, 2.05) is 86.6 Å². The van der Waals surface area contributed by atoms with Gasteiger partial charge in [-0.05, 0) is 60.4 Å². The van der Waals surface area contributed by atoms with Crippen molar-refractivity contribution < 1.29 is 4.74 Å². The van der Waals surface area contributed by atoms with Crippen LogP contribution in [0.15, 0.2) is 83.8 Å². The molecule has 0 saturated carbocycles. The van der Waals surface area contributed by atoms with Gasteiger partial charge in [-0.15, -0.1) is 0 Å². The van der Waals surface area contributed by atoms with Crippen molar-refractivity contribution in [3.8, 4) is 28.3 Å². The molecule has 144 valence electrons. The van der Waals surface area contributed by atoms with E-state index in [1.165, 1.54) is 10.9 Å². The maximum Gasteiger partial charge on any atom is 0.316 e. The van der Waals surface area contributed by atoms with Crippen LogP contribution in [0.2, 0.25) is 5.02 Å². The van der Waals surface area contributed by atoms with Gasteiger partial charge < -0.3 is 4.74 Å². The zero-order chi connectivity index (χ0) is 20.4. The highest BCUT2D eigenvalue weighted by Gasteiger charge is 2.14. The Hall–Kier alpha value is -3.37. The third-order valence-corrected chi connectivity index (χ3v) is 4.79. The van der Waals surface area contributed by atoms with Crippen LogP contribution in [0.5, 0.6) is 11.5 Å². The molecule has 0 saturated heterocycles. The van der Waals surface area contributed by atoms with E-state index in [0.29, 0.717) is 11.4 Å². The molecule has 29 heavy (non-hydrogen) atoms. The van der Waals surface area contributed by atoms with E-state index in [2.05, 4.69) is 5.10 Å². The Balaban J connectivity index is 1.68. The van der Waals surface area contributed by atoms with E-state index in [1.54, 1.807) is 0 Å². The van der Waals surface area contributed by atoms with Crippen LogP contribution in [0.4, 0.5) is 0 Å². The van der Waals surface area contributed by atoms with Crippen LogP contribution in [0.1, 0.15) is 11.1 Å². The van der Waals surface area contributed by atoms with Crippen molar-refractivity contribution in [2.45, 2.75) is 13.8 Å². The van der Waals surface area contributed by atoms with E-state index >= 15 is 0 Å². The van der Waals surface area contributed by atoms with Crippen molar-refractivity contribution in [1.29, 1.82) is 0 Å². The third-order valence-electron chi connectivity index (χ3n) is 4.52. The molecule has 0 bridgehead atoms. The zero-order valence-electron chi connectivity index (χ0n) is 16.1. The van der Waals surface area contributed by atoms with Gasteiger partial charge in [-0.25, -0.2) is 0 Å². The van der Waals surface area contributed by atoms with Gasteiger partial charge in [0.2, 0.25) is 5.75 Å². The second-order valence-corrected chi connectivity index (χ2v) is 7.28. The highest BCUT2D eigenvalue weighted by atomic mass is 35.5. The number of halogens is 1. The van der Waals surface area contributed by atoms with Gasteiger partial charge in [-0.3, -0.25) is 4.79 Å². The summed E-state index contributed by atoms with van der Waals surface area (Å²) >= 11 is 6.23. The van der Waals surface area contributed by atoms with Gasteiger partial charge >= 0.3 is 5.56 Å². The average molecular weight is 403 g/mol. The molecular formula is C24H19ClN2O2. The first-order valence-electron chi connectivity index (χ1n) is 9.21. The summed E-state index contributed by atoms with van der Waals surface area (Å²) in [6.07, 6.45) is 1.42. The molecular weight excluding hydrogens is 384 g/mol. The van der Waals surface area contributed by atoms with Crippen molar-refractivity contribution in [3.63, 3.8) is 0 Å². The van der Waals surface area contributed by atoms with Gasteiger partial charge in [-0.1, -0.05) is 60.1 Å². The summed E-state index contributed by atoms with van der Waals surface area (Å²) in [5.41, 5.74) is 4.53. The molecule has 0 aliphatic heterocycles. The molecule has 5 heteroatoms. The number of hydrogen-bond donors (Lipinski definition) is 0. The summed E-state index contributed by atoms with van der Waals surface area (Å²) in [5.74, 6) is 0.579. The highest BCUT2D eigenvalue weighted by Crippen LogP contribution is 2.28. The molecule has 0 aliphatic rings. The lowest BCUT2D eigenvalue weighted by atomic mass is 10.1. The zero-order valence-corrected chi connectivity index (χ0v) is 16.9. The SMILES string of the molecule is Cc1cc(C)cc(-n2ncc(Cl)c(Oc3ccc(-c4ccccc4)cc3)c2=O)c1. The van der Waals surface area contributed by atoms with Crippen LogP contribution < -0.4 is 10.3 Å². The Morgan fingerprint density at radius 2 is 1.48 bits per heavy atom. The van der Waals surface area contributed by atoms with Crippen LogP contribution >= 0.6 is 11.6 Å². The number of benzene rings is 3. The maximum atomic E-state index is 13.0. The first-order chi connectivity index (χ1) is 14.0. The normalized spacial score (nSPS) is 10.7. The van der Waals surface area contributed by atoms with Gasteiger partial charge in [0.25, 0.3) is 0 Å². The maximum absolute atomic E-state index is 13.0. The van der Waals surface area contributed by atoms with Crippen molar-refractivity contribution in [3.05, 3.63) is 105 Å². The largest absolute Gasteiger partial charge is 0.450 e. The summed E-state index contributed by atoms with van der Waals surface area (Å²) < 4.78 is 7.15. The smallest absolute Gasteiger partial charge is 0.316 e. The lowest BCUT2D eigenvalue weighted by Crippen LogP contribution is -2.22. The van der Waals surface area contributed by atoms with E-state index in [-0.39, 0.29) is 10.8 Å². The first-order valence-corrected chi connectivity index (χ1v) is 9.59. The van der Waals surface area contributed by atoms with Crippen LogP contribution in [-0.2, 0) is 0 Å². The fraction of sp³-hybridized carbons (Fsp3) is 0.0833. The number of rotatable bonds is 4. The van der Waals surface area contributed by atoms with Crippen molar-refractivity contribution in [2.24, 2.45) is 0 Å². The predicted octanol–water partition coefficient (Wildman–Crippen LogP) is 5.96. The highest BCUT2D eigenvalue weighted by molar-refractivity contribution is 6.31. The molecule has 3 aromatic carbocycles. The number of ether oxygens (including phenoxy) is 1. The molecule has 0 radical (unpaired) electrons. The second kappa shape index (κ2) is 7.94. The molecule has 1 aromatic heterocycles. The molecule has 0 spiro atoms. The molecule has 4 nitrogen and oxygen atoms in total. The minimum atomic E-state index is -0.408. The van der Waals surface area contributed by atoms with E-state index in [4.69, 9.17) is 16.3 Å². The monoisotopic (exact) mass is 402 g/mol. The van der Waals surface area contributed by atoms with Gasteiger partial charge in [0, 0.05) is 0 Å². The summed E-state index contributed by atoms with van der Waals surface area (Å²) in [4.78, 5) is 13.0. The fourth-order valence-electron chi connectivity index (χ4n) is 3.23. The Kier molecular flexibility index (Phi) is 5.19. The molecule has 0 unspecified atom stereocenters. The third kappa shape index (κ3) is 4.08. The molecule has 0 atom stereocenters. The van der Waals surface area contributed by atoms with Gasteiger partial charge in [-0.2, -0.15) is 9.78 Å². The Morgan fingerprint density at radius 1 is 0.862 bits per heavy atom. The summed E-state index contributed by atoms with van der Waals surface area (Å²) in [7, 11) is 0. The topological polar surface area (TPSA) is 44.1 Å². The lowest BCUT2D eigenvalue weighted by Gasteiger charge is -2.11. The number of aryl methyl sites for hydroxylation is 2. The van der Waals surface area contributed by atoms with Crippen LogP contribution in [-0.4, -0.2) is 9.78 Å². The van der Waals surface area contributed by atoms with Gasteiger partial charge in [0.15, 0.2) is 0 Å². The Bertz CT molecular complexity index is 1200. The van der Waals surface area contributed by atoms with Crippen LogP contribution in [0.25, 0.3) is 16.8 Å². The number of hydrogen-bond acceptors (Lipinski definition) is 3. The number of nitrogens with zero attached hydrogens (tertiary/aromatic N) is 2. The van der Waals surface area contributed by atoms with Gasteiger partial charge in [0.1, 0.15) is 10.8 Å². The van der Waals surface area contributed by atoms with Gasteiger partial charge in [0.05, 0.1) is 11.9 Å². The van der Waals surface area contributed by atoms with Crippen LogP contribution in [0.3, 0.4) is 0 Å². The molecule has 4 rings (SSSR count). The molecule has 4 aromatic rings. The summed E-state index contributed by atoms with van der Waals surface area (Å²) in [6, 6.07) is 23.4. The molecule has 0 amide bonds. The number of aromatic nitrogens is 2. The van der Waals surface area contributed by atoms with E-state index < -0.39 is 5.56 Å². The van der Waals surface area contributed by atoms with Crippen LogP contribution in [0, 0.1) is 13.8 Å². The predicted molar refractivity (Wildman–Crippen MR) is 116 cm³/mol. The Labute approximate surface area is 174 Å². The minimum Gasteiger partial charge on any atom is -0.450 e. The minimum absolute atomic E-state index is 0.0493. The standard InChI is InChI=1S/C24H19ClN2O2/c1-16-12-17(2)14-20(13-16)27-24(28)23(22(25)15-26-27)29-21-10-8-19(9-11-21)18-6-4-3-5-7-18/h3-15H,1-2H3. The quantitative estimate of drug-likeness (QED) is 0.423. The summed E-state index contributed by atoms with van der Waals surface area (Å²) in [5, 5.41) is 4.35. The Morgan fingerprint density at radius 3 is 2.14 bits per heavy atom. The van der Waals surface area contributed by atoms with Crippen molar-refractivity contribution in [1.82, 2.24) is 9.78 Å². The molecule has 0 aliphatic carbocycles. The molecule has 1 heterocycles. The van der Waals surface area contributed by atoms with E-state index in [0.717, 1.165) is 22.3 Å². The molecule has 0 N–H and O–H groups in total. The summed E-state index contributed by atoms with van der Waals surface area (Å²) in [6.45, 7) is 3.95.